The number of ketones is 1. The molecule has 0 aliphatic heterocycles. The molecule has 1 nitrogen and oxygen atoms in total. The lowest BCUT2D eigenvalue weighted by Gasteiger charge is -2.11. The Morgan fingerprint density at radius 2 is 1.59 bits per heavy atom. The zero-order valence-electron chi connectivity index (χ0n) is 10.5. The topological polar surface area (TPSA) is 17.1 Å². The lowest BCUT2D eigenvalue weighted by molar-refractivity contribution is -0.117. The number of carbonyl (C=O) groups excluding carboxylic acids is 1. The van der Waals surface area contributed by atoms with Gasteiger partial charge in [-0.25, -0.2) is 0 Å². The average Bonchev–Trinajstić information content (AvgIpc) is 2.24. The van der Waals surface area contributed by atoms with Gasteiger partial charge in [0.2, 0.25) is 0 Å². The molecule has 4 heteroatoms. The van der Waals surface area contributed by atoms with E-state index in [0.717, 1.165) is 12.2 Å². The summed E-state index contributed by atoms with van der Waals surface area (Å²) in [5.41, 5.74) is -0.813. The Kier molecular flexibility index (Phi) is 9.33. The van der Waals surface area contributed by atoms with Crippen LogP contribution in [0.15, 0.2) is 36.5 Å². The van der Waals surface area contributed by atoms with E-state index in [1.165, 1.54) is 6.92 Å². The van der Waals surface area contributed by atoms with E-state index in [2.05, 4.69) is 13.2 Å². The van der Waals surface area contributed by atoms with Crippen molar-refractivity contribution in [2.45, 2.75) is 39.8 Å². The Morgan fingerprint density at radius 1 is 1.12 bits per heavy atom. The number of carbonyl (C=O) groups is 1. The van der Waals surface area contributed by atoms with Crippen molar-refractivity contribution < 1.29 is 18.0 Å². The standard InChI is InChI=1S/C11H13F3O.C2H6/c1-4-9(7-6-8(3)15)10(5-2)11(12,13)14;1-2/h4-5H,1-2,6-7H2,3H3;1-2H3/b10-9-;. The van der Waals surface area contributed by atoms with Crippen molar-refractivity contribution in [3.63, 3.8) is 0 Å². The van der Waals surface area contributed by atoms with Gasteiger partial charge in [0.05, 0.1) is 5.57 Å². The van der Waals surface area contributed by atoms with Gasteiger partial charge in [-0.1, -0.05) is 39.2 Å². The summed E-state index contributed by atoms with van der Waals surface area (Å²) >= 11 is 0. The zero-order chi connectivity index (χ0) is 14.1. The van der Waals surface area contributed by atoms with Gasteiger partial charge < -0.3 is 4.79 Å². The number of rotatable bonds is 5. The van der Waals surface area contributed by atoms with Gasteiger partial charge in [0, 0.05) is 6.42 Å². The second-order valence-electron chi connectivity index (χ2n) is 3.05. The van der Waals surface area contributed by atoms with Gasteiger partial charge in [-0.05, 0) is 18.9 Å². The average molecular weight is 248 g/mol. The zero-order valence-corrected chi connectivity index (χ0v) is 10.5. The van der Waals surface area contributed by atoms with Crippen molar-refractivity contribution >= 4 is 5.78 Å². The molecule has 0 aromatic heterocycles. The summed E-state index contributed by atoms with van der Waals surface area (Å²) in [6.45, 7) is 11.8. The third kappa shape index (κ3) is 7.55. The smallest absolute Gasteiger partial charge is 0.300 e. The SMILES string of the molecule is C=C/C(CCC(C)=O)=C(\C=C)C(F)(F)F.CC. The highest BCUT2D eigenvalue weighted by Gasteiger charge is 2.33. The Morgan fingerprint density at radius 3 is 1.82 bits per heavy atom. The highest BCUT2D eigenvalue weighted by atomic mass is 19.4. The minimum absolute atomic E-state index is 0.00713. The molecule has 0 radical (unpaired) electrons. The van der Waals surface area contributed by atoms with Crippen LogP contribution in [0, 0.1) is 0 Å². The van der Waals surface area contributed by atoms with Crippen LogP contribution >= 0.6 is 0 Å². The number of hydrogen-bond acceptors (Lipinski definition) is 1. The highest BCUT2D eigenvalue weighted by molar-refractivity contribution is 5.75. The molecule has 0 rings (SSSR count). The summed E-state index contributed by atoms with van der Waals surface area (Å²) in [6, 6.07) is 0. The molecule has 0 saturated heterocycles. The van der Waals surface area contributed by atoms with Crippen molar-refractivity contribution in [1.82, 2.24) is 0 Å². The van der Waals surface area contributed by atoms with Crippen LogP contribution in [0.1, 0.15) is 33.6 Å². The van der Waals surface area contributed by atoms with Crippen molar-refractivity contribution in [1.29, 1.82) is 0 Å². The monoisotopic (exact) mass is 248 g/mol. The van der Waals surface area contributed by atoms with Crippen LogP contribution in [0.5, 0.6) is 0 Å². The van der Waals surface area contributed by atoms with E-state index in [1.807, 2.05) is 13.8 Å². The van der Waals surface area contributed by atoms with Gasteiger partial charge in [0.15, 0.2) is 0 Å². The Balaban J connectivity index is 0. The quantitative estimate of drug-likeness (QED) is 0.649. The summed E-state index contributed by atoms with van der Waals surface area (Å²) in [4.78, 5) is 10.7. The lowest BCUT2D eigenvalue weighted by Crippen LogP contribution is -2.12. The number of hydrogen-bond donors (Lipinski definition) is 0. The minimum atomic E-state index is -4.44. The first-order valence-electron chi connectivity index (χ1n) is 5.37. The highest BCUT2D eigenvalue weighted by Crippen LogP contribution is 2.31. The predicted octanol–water partition coefficient (Wildman–Crippen LogP) is 4.61. The minimum Gasteiger partial charge on any atom is -0.300 e. The molecule has 17 heavy (non-hydrogen) atoms. The van der Waals surface area contributed by atoms with Gasteiger partial charge >= 0.3 is 6.18 Å². The maximum absolute atomic E-state index is 12.4. The first-order chi connectivity index (χ1) is 7.82. The summed E-state index contributed by atoms with van der Waals surface area (Å²) in [5, 5.41) is 0. The van der Waals surface area contributed by atoms with Crippen molar-refractivity contribution in [2.75, 3.05) is 0 Å². The van der Waals surface area contributed by atoms with E-state index in [0.29, 0.717) is 0 Å². The molecule has 0 aromatic carbocycles. The van der Waals surface area contributed by atoms with Crippen LogP contribution in [-0.2, 0) is 4.79 Å². The fourth-order valence-electron chi connectivity index (χ4n) is 1.09. The van der Waals surface area contributed by atoms with Crippen LogP contribution in [0.4, 0.5) is 13.2 Å². The molecule has 98 valence electrons. The molecular weight excluding hydrogens is 229 g/mol. The third-order valence-corrected chi connectivity index (χ3v) is 1.85. The maximum Gasteiger partial charge on any atom is 0.416 e. The normalized spacial score (nSPS) is 11.9. The summed E-state index contributed by atoms with van der Waals surface area (Å²) in [7, 11) is 0. The van der Waals surface area contributed by atoms with Crippen LogP contribution in [0.2, 0.25) is 0 Å². The molecule has 0 atom stereocenters. The third-order valence-electron chi connectivity index (χ3n) is 1.85. The van der Waals surface area contributed by atoms with Gasteiger partial charge in [0.1, 0.15) is 5.78 Å². The Labute approximate surface area is 101 Å². The first-order valence-corrected chi connectivity index (χ1v) is 5.37. The van der Waals surface area contributed by atoms with Gasteiger partial charge in [-0.2, -0.15) is 13.2 Å². The van der Waals surface area contributed by atoms with E-state index < -0.39 is 11.7 Å². The molecule has 0 bridgehead atoms. The van der Waals surface area contributed by atoms with E-state index in [9.17, 15) is 18.0 Å². The van der Waals surface area contributed by atoms with Crippen molar-refractivity contribution in [2.24, 2.45) is 0 Å². The molecule has 0 aliphatic rings. The second-order valence-corrected chi connectivity index (χ2v) is 3.05. The van der Waals surface area contributed by atoms with Gasteiger partial charge in [-0.15, -0.1) is 0 Å². The summed E-state index contributed by atoms with van der Waals surface area (Å²) < 4.78 is 37.3. The van der Waals surface area contributed by atoms with Crippen LogP contribution in [0.25, 0.3) is 0 Å². The van der Waals surface area contributed by atoms with Crippen LogP contribution in [0.3, 0.4) is 0 Å². The fraction of sp³-hybridized carbons (Fsp3) is 0.462. The second kappa shape index (κ2) is 8.79. The molecular formula is C13H19F3O. The number of allylic oxidation sites excluding steroid dienone is 4. The van der Waals surface area contributed by atoms with E-state index >= 15 is 0 Å². The van der Waals surface area contributed by atoms with E-state index in [-0.39, 0.29) is 24.2 Å². The summed E-state index contributed by atoms with van der Waals surface area (Å²) in [5.74, 6) is -0.153. The fourth-order valence-corrected chi connectivity index (χ4v) is 1.09. The molecule has 0 fully saturated rings. The molecule has 0 amide bonds. The molecule has 0 spiro atoms. The van der Waals surface area contributed by atoms with E-state index in [1.54, 1.807) is 0 Å². The molecule has 0 aliphatic carbocycles. The Hall–Kier alpha value is -1.32. The number of halogens is 3. The van der Waals surface area contributed by atoms with Crippen LogP contribution in [-0.4, -0.2) is 12.0 Å². The molecule has 0 N–H and O–H groups in total. The largest absolute Gasteiger partial charge is 0.416 e. The number of Topliss-reactive ketones (excluding diaryl/α,β-unsaturated/α-hetero) is 1. The van der Waals surface area contributed by atoms with Crippen LogP contribution < -0.4 is 0 Å². The molecule has 0 unspecified atom stereocenters. The first kappa shape index (κ1) is 18.1. The molecule has 0 saturated carbocycles. The number of alkyl halides is 3. The lowest BCUT2D eigenvalue weighted by atomic mass is 10.0. The van der Waals surface area contributed by atoms with Crippen molar-refractivity contribution in [3.05, 3.63) is 36.5 Å². The Bertz CT molecular complexity index is 298. The molecule has 0 aromatic rings. The van der Waals surface area contributed by atoms with Gasteiger partial charge in [-0.3, -0.25) is 0 Å². The van der Waals surface area contributed by atoms with Crippen molar-refractivity contribution in [3.8, 4) is 0 Å². The molecule has 0 heterocycles. The maximum atomic E-state index is 12.4. The summed E-state index contributed by atoms with van der Waals surface area (Å²) in [6.07, 6.45) is -2.46. The van der Waals surface area contributed by atoms with Gasteiger partial charge in [0.25, 0.3) is 0 Å². The predicted molar refractivity (Wildman–Crippen MR) is 64.7 cm³/mol. The van der Waals surface area contributed by atoms with E-state index in [4.69, 9.17) is 0 Å².